The summed E-state index contributed by atoms with van der Waals surface area (Å²) in [5.74, 6) is -0.584. The van der Waals surface area contributed by atoms with Gasteiger partial charge < -0.3 is 33.8 Å². The number of ether oxygens (including phenoxy) is 4. The second-order valence-corrected chi connectivity index (χ2v) is 32.1. The highest BCUT2D eigenvalue weighted by Crippen LogP contribution is 2.45. The van der Waals surface area contributed by atoms with Crippen LogP contribution in [0.4, 0.5) is 0 Å². The first-order valence-corrected chi connectivity index (χ1v) is 44.0. The molecule has 17 nitrogen and oxygen atoms in total. The minimum absolute atomic E-state index is 0.107. The number of hydrogen-bond donors (Lipinski definition) is 3. The first kappa shape index (κ1) is 96.1. The maximum atomic E-state index is 13.1. The van der Waals surface area contributed by atoms with Gasteiger partial charge in [0.25, 0.3) is 0 Å². The van der Waals surface area contributed by atoms with Gasteiger partial charge in [0.15, 0.2) is 12.2 Å². The highest BCUT2D eigenvalue weighted by molar-refractivity contribution is 7.47. The van der Waals surface area contributed by atoms with Crippen molar-refractivity contribution in [3.8, 4) is 0 Å². The zero-order valence-electron chi connectivity index (χ0n) is 64.1. The normalized spacial score (nSPS) is 14.2. The molecular weight excluding hydrogens is 1280 g/mol. The fourth-order valence-corrected chi connectivity index (χ4v) is 13.7. The van der Waals surface area contributed by atoms with Crippen LogP contribution in [0.3, 0.4) is 0 Å². The molecule has 0 aromatic rings. The van der Waals surface area contributed by atoms with Crippen molar-refractivity contribution in [3.05, 3.63) is 0 Å². The number of phosphoric ester groups is 2. The number of hydrogen-bond acceptors (Lipinski definition) is 15. The van der Waals surface area contributed by atoms with Gasteiger partial charge in [0.05, 0.1) is 26.4 Å². The number of carbonyl (C=O) groups excluding carboxylic acids is 4. The molecule has 0 aliphatic rings. The predicted octanol–water partition coefficient (Wildman–Crippen LogP) is 23.5. The molecule has 0 saturated carbocycles. The monoisotopic (exact) mass is 1440 g/mol. The van der Waals surface area contributed by atoms with Crippen LogP contribution in [0.5, 0.6) is 0 Å². The highest BCUT2D eigenvalue weighted by atomic mass is 31.2. The average molecular weight is 1440 g/mol. The first-order chi connectivity index (χ1) is 47.4. The maximum absolute atomic E-state index is 13.1. The molecule has 98 heavy (non-hydrogen) atoms. The van der Waals surface area contributed by atoms with Gasteiger partial charge in [-0.1, -0.05) is 363 Å². The minimum Gasteiger partial charge on any atom is -0.462 e. The molecule has 0 radical (unpaired) electrons. The second kappa shape index (κ2) is 70.7. The molecule has 0 amide bonds. The van der Waals surface area contributed by atoms with Crippen LogP contribution >= 0.6 is 15.6 Å². The molecule has 0 aromatic carbocycles. The van der Waals surface area contributed by atoms with Crippen LogP contribution < -0.4 is 0 Å². The number of aliphatic hydroxyl groups is 1. The number of phosphoric acid groups is 2. The summed E-state index contributed by atoms with van der Waals surface area (Å²) in [6.45, 7) is 9.61. The lowest BCUT2D eigenvalue weighted by Gasteiger charge is -2.21. The van der Waals surface area contributed by atoms with Gasteiger partial charge >= 0.3 is 39.5 Å². The Bertz CT molecular complexity index is 1890. The molecule has 0 spiro atoms. The Morgan fingerprint density at radius 1 is 0.296 bits per heavy atom. The summed E-state index contributed by atoms with van der Waals surface area (Å²) in [5.41, 5.74) is 0. The van der Waals surface area contributed by atoms with E-state index < -0.39 is 97.5 Å². The lowest BCUT2D eigenvalue weighted by molar-refractivity contribution is -0.161. The van der Waals surface area contributed by atoms with Gasteiger partial charge in [-0.2, -0.15) is 0 Å². The number of esters is 4. The molecule has 3 unspecified atom stereocenters. The van der Waals surface area contributed by atoms with Crippen molar-refractivity contribution in [2.75, 3.05) is 39.6 Å². The Morgan fingerprint density at radius 2 is 0.520 bits per heavy atom. The largest absolute Gasteiger partial charge is 0.472 e. The molecule has 0 saturated heterocycles. The Kier molecular flexibility index (Phi) is 69.3. The van der Waals surface area contributed by atoms with Gasteiger partial charge in [-0.15, -0.1) is 0 Å². The van der Waals surface area contributed by atoms with Gasteiger partial charge in [-0.05, 0) is 37.5 Å². The van der Waals surface area contributed by atoms with Crippen LogP contribution in [-0.2, 0) is 65.4 Å². The highest BCUT2D eigenvalue weighted by Gasteiger charge is 2.30. The van der Waals surface area contributed by atoms with Crippen molar-refractivity contribution >= 4 is 39.5 Å². The van der Waals surface area contributed by atoms with Crippen molar-refractivity contribution in [2.45, 2.75) is 432 Å². The van der Waals surface area contributed by atoms with Gasteiger partial charge in [0.2, 0.25) is 0 Å². The molecule has 0 aliphatic carbocycles. The standard InChI is InChI=1S/C79H154O17P2/c1-7-10-12-14-16-18-20-22-24-25-26-31-34-38-42-49-55-61-76(81)89-67-74(95-78(83)64-58-52-44-40-36-32-28-27-29-33-37-41-47-53-59-71(4)5)69-93-97(85,86)91-65-73(80)66-92-98(87,88)94-70-75(68-90-77(82)62-56-50-46-45-48-54-60-72(6)9-3)96-79(84)63-57-51-43-39-35-30-23-21-19-17-15-13-11-8-2/h71-75,80H,7-70H2,1-6H3,(H,85,86)(H,87,88)/t72?,73-,74-,75-/m1/s1. The summed E-state index contributed by atoms with van der Waals surface area (Å²) in [6.07, 6.45) is 59.6. The summed E-state index contributed by atoms with van der Waals surface area (Å²) < 4.78 is 68.7. The number of carbonyl (C=O) groups is 4. The summed E-state index contributed by atoms with van der Waals surface area (Å²) in [4.78, 5) is 73.0. The first-order valence-electron chi connectivity index (χ1n) is 41.0. The van der Waals surface area contributed by atoms with Crippen LogP contribution in [-0.4, -0.2) is 96.7 Å². The van der Waals surface area contributed by atoms with E-state index in [0.29, 0.717) is 25.7 Å². The summed E-state index contributed by atoms with van der Waals surface area (Å²) in [6, 6.07) is 0. The number of unbranched alkanes of at least 4 members (excludes halogenated alkanes) is 47. The molecule has 0 heterocycles. The Balaban J connectivity index is 5.25. The van der Waals surface area contributed by atoms with E-state index in [1.807, 2.05) is 0 Å². The molecule has 0 aromatic heterocycles. The van der Waals surface area contributed by atoms with Crippen molar-refractivity contribution in [2.24, 2.45) is 11.8 Å². The third-order valence-electron chi connectivity index (χ3n) is 18.8. The zero-order chi connectivity index (χ0) is 72.1. The van der Waals surface area contributed by atoms with E-state index >= 15 is 0 Å². The predicted molar refractivity (Wildman–Crippen MR) is 400 cm³/mol. The third-order valence-corrected chi connectivity index (χ3v) is 20.7. The van der Waals surface area contributed by atoms with E-state index in [-0.39, 0.29) is 25.7 Å². The number of rotatable bonds is 78. The van der Waals surface area contributed by atoms with Crippen LogP contribution in [0.25, 0.3) is 0 Å². The van der Waals surface area contributed by atoms with Crippen LogP contribution in [0.15, 0.2) is 0 Å². The molecule has 6 atom stereocenters. The molecule has 0 aliphatic heterocycles. The lowest BCUT2D eigenvalue weighted by atomic mass is 10.00. The minimum atomic E-state index is -4.96. The van der Waals surface area contributed by atoms with Crippen molar-refractivity contribution in [1.29, 1.82) is 0 Å². The van der Waals surface area contributed by atoms with Gasteiger partial charge in [-0.25, -0.2) is 9.13 Å². The molecule has 0 rings (SSSR count). The van der Waals surface area contributed by atoms with Crippen molar-refractivity contribution < 1.29 is 80.2 Å². The van der Waals surface area contributed by atoms with E-state index in [9.17, 15) is 43.2 Å². The van der Waals surface area contributed by atoms with Gasteiger partial charge in [0.1, 0.15) is 19.3 Å². The smallest absolute Gasteiger partial charge is 0.462 e. The third kappa shape index (κ3) is 71.1. The maximum Gasteiger partial charge on any atom is 0.472 e. The van der Waals surface area contributed by atoms with Gasteiger partial charge in [0, 0.05) is 25.7 Å². The van der Waals surface area contributed by atoms with Crippen LogP contribution in [0.2, 0.25) is 0 Å². The lowest BCUT2D eigenvalue weighted by Crippen LogP contribution is -2.30. The summed E-state index contributed by atoms with van der Waals surface area (Å²) in [5, 5.41) is 10.6. The molecule has 3 N–H and O–H groups in total. The van der Waals surface area contributed by atoms with Crippen molar-refractivity contribution in [3.63, 3.8) is 0 Å². The Labute approximate surface area is 600 Å². The summed E-state index contributed by atoms with van der Waals surface area (Å²) in [7, 11) is -9.92. The second-order valence-electron chi connectivity index (χ2n) is 29.2. The molecular formula is C79H154O17P2. The topological polar surface area (TPSA) is 237 Å². The molecule has 19 heteroatoms. The Morgan fingerprint density at radius 3 is 0.776 bits per heavy atom. The molecule has 582 valence electrons. The molecule has 0 fully saturated rings. The van der Waals surface area contributed by atoms with Crippen molar-refractivity contribution in [1.82, 2.24) is 0 Å². The van der Waals surface area contributed by atoms with E-state index in [1.54, 1.807) is 0 Å². The fraction of sp³-hybridized carbons (Fsp3) is 0.949. The summed E-state index contributed by atoms with van der Waals surface area (Å²) >= 11 is 0. The average Bonchev–Trinajstić information content (AvgIpc) is 0.983. The van der Waals surface area contributed by atoms with E-state index in [4.69, 9.17) is 37.0 Å². The SMILES string of the molecule is CCCCCCCCCCCCCCCCCCCC(=O)OC[C@H](COP(=O)(O)OC[C@@H](O)COP(=O)(O)OC[C@@H](COC(=O)CCCCCCCCC(C)CC)OC(=O)CCCCCCCCCCCCCCCC)OC(=O)CCCCCCCCCCCCCCCCC(C)C. The quantitative estimate of drug-likeness (QED) is 0.0222. The van der Waals surface area contributed by atoms with E-state index in [2.05, 4.69) is 41.5 Å². The zero-order valence-corrected chi connectivity index (χ0v) is 65.9. The van der Waals surface area contributed by atoms with Gasteiger partial charge in [-0.3, -0.25) is 37.3 Å². The van der Waals surface area contributed by atoms with E-state index in [1.165, 1.54) is 225 Å². The molecule has 0 bridgehead atoms. The Hall–Kier alpha value is -1.94. The number of aliphatic hydroxyl groups excluding tert-OH is 1. The fourth-order valence-electron chi connectivity index (χ4n) is 12.2. The van der Waals surface area contributed by atoms with Crippen LogP contribution in [0.1, 0.15) is 414 Å². The van der Waals surface area contributed by atoms with E-state index in [0.717, 1.165) is 108 Å². The van der Waals surface area contributed by atoms with Crippen LogP contribution in [0, 0.1) is 11.8 Å².